The number of nitro benzene ring substituents is 1. The number of thiophene rings is 1. The fraction of sp³-hybridized carbons (Fsp3) is 0.286. The molecule has 4 nitrogen and oxygen atoms in total. The molecule has 1 atom stereocenters. The van der Waals surface area contributed by atoms with Gasteiger partial charge in [0.15, 0.2) is 0 Å². The third-order valence-corrected chi connectivity index (χ3v) is 4.98. The van der Waals surface area contributed by atoms with Crippen LogP contribution < -0.4 is 4.90 Å². The van der Waals surface area contributed by atoms with Crippen molar-refractivity contribution in [2.24, 2.45) is 0 Å². The van der Waals surface area contributed by atoms with E-state index in [-0.39, 0.29) is 16.7 Å². The van der Waals surface area contributed by atoms with Crippen LogP contribution in [0.2, 0.25) is 0 Å². The van der Waals surface area contributed by atoms with Gasteiger partial charge in [0.05, 0.1) is 11.0 Å². The van der Waals surface area contributed by atoms with Crippen molar-refractivity contribution in [3.05, 3.63) is 56.3 Å². The van der Waals surface area contributed by atoms with Crippen LogP contribution >= 0.6 is 27.3 Å². The van der Waals surface area contributed by atoms with Gasteiger partial charge in [0, 0.05) is 35.1 Å². The summed E-state index contributed by atoms with van der Waals surface area (Å²) in [7, 11) is 2.01. The van der Waals surface area contributed by atoms with Crippen molar-refractivity contribution in [1.82, 2.24) is 0 Å². The molecule has 0 spiro atoms. The molecule has 1 aromatic carbocycles. The molecule has 1 aromatic heterocycles. The number of benzene rings is 1. The van der Waals surface area contributed by atoms with Gasteiger partial charge in [-0.05, 0) is 30.0 Å². The lowest BCUT2D eigenvalue weighted by atomic mass is 10.1. The van der Waals surface area contributed by atoms with Crippen molar-refractivity contribution in [2.75, 3.05) is 11.9 Å². The molecule has 20 heavy (non-hydrogen) atoms. The Morgan fingerprint density at radius 1 is 1.45 bits per heavy atom. The predicted molar refractivity (Wildman–Crippen MR) is 86.9 cm³/mol. The lowest BCUT2D eigenvalue weighted by molar-refractivity contribution is -0.384. The number of halogens is 1. The SMILES string of the molecule is CC(c1cccs1)N(C)c1ccc([N+](=O)[O-])cc1CBr. The second kappa shape index (κ2) is 6.37. The van der Waals surface area contributed by atoms with E-state index in [1.54, 1.807) is 23.5 Å². The molecule has 0 amide bonds. The molecule has 0 N–H and O–H groups in total. The zero-order valence-electron chi connectivity index (χ0n) is 11.2. The highest BCUT2D eigenvalue weighted by Crippen LogP contribution is 2.33. The van der Waals surface area contributed by atoms with Crippen LogP contribution in [0.4, 0.5) is 11.4 Å². The average molecular weight is 355 g/mol. The Morgan fingerprint density at radius 2 is 2.20 bits per heavy atom. The molecule has 2 aromatic rings. The van der Waals surface area contributed by atoms with Crippen molar-refractivity contribution in [3.63, 3.8) is 0 Å². The summed E-state index contributed by atoms with van der Waals surface area (Å²) in [6.45, 7) is 2.13. The maximum absolute atomic E-state index is 10.8. The van der Waals surface area contributed by atoms with Gasteiger partial charge in [0.1, 0.15) is 0 Å². The first kappa shape index (κ1) is 15.0. The third-order valence-electron chi connectivity index (χ3n) is 3.33. The van der Waals surface area contributed by atoms with Gasteiger partial charge in [-0.1, -0.05) is 22.0 Å². The van der Waals surface area contributed by atoms with Gasteiger partial charge in [-0.2, -0.15) is 0 Å². The Labute approximate surface area is 130 Å². The van der Waals surface area contributed by atoms with E-state index in [1.165, 1.54) is 4.88 Å². The number of anilines is 1. The van der Waals surface area contributed by atoms with Gasteiger partial charge < -0.3 is 4.90 Å². The summed E-state index contributed by atoms with van der Waals surface area (Å²) >= 11 is 5.13. The highest BCUT2D eigenvalue weighted by molar-refractivity contribution is 9.08. The van der Waals surface area contributed by atoms with Crippen LogP contribution in [0.1, 0.15) is 23.4 Å². The van der Waals surface area contributed by atoms with Crippen molar-refractivity contribution >= 4 is 38.6 Å². The Hall–Kier alpha value is -1.40. The molecule has 1 heterocycles. The second-order valence-electron chi connectivity index (χ2n) is 4.51. The van der Waals surface area contributed by atoms with E-state index in [0.29, 0.717) is 5.33 Å². The van der Waals surface area contributed by atoms with Crippen LogP contribution in [0.3, 0.4) is 0 Å². The van der Waals surface area contributed by atoms with Gasteiger partial charge in [-0.15, -0.1) is 11.3 Å². The first-order valence-corrected chi connectivity index (χ1v) is 8.14. The molecule has 0 aliphatic carbocycles. The summed E-state index contributed by atoms with van der Waals surface area (Å²) in [4.78, 5) is 13.9. The van der Waals surface area contributed by atoms with Gasteiger partial charge in [-0.25, -0.2) is 0 Å². The minimum atomic E-state index is -0.362. The number of hydrogen-bond donors (Lipinski definition) is 0. The summed E-state index contributed by atoms with van der Waals surface area (Å²) in [6.07, 6.45) is 0. The van der Waals surface area contributed by atoms with E-state index in [4.69, 9.17) is 0 Å². The predicted octanol–water partition coefficient (Wildman–Crippen LogP) is 4.75. The van der Waals surface area contributed by atoms with Crippen molar-refractivity contribution in [2.45, 2.75) is 18.3 Å². The minimum absolute atomic E-state index is 0.125. The smallest absolute Gasteiger partial charge is 0.269 e. The number of nitrogens with zero attached hydrogens (tertiary/aromatic N) is 2. The van der Waals surface area contributed by atoms with Crippen molar-refractivity contribution in [3.8, 4) is 0 Å². The molecule has 6 heteroatoms. The van der Waals surface area contributed by atoms with E-state index < -0.39 is 0 Å². The van der Waals surface area contributed by atoms with Crippen molar-refractivity contribution < 1.29 is 4.92 Å². The number of non-ortho nitro benzene ring substituents is 1. The van der Waals surface area contributed by atoms with Crippen LogP contribution in [0.25, 0.3) is 0 Å². The molecule has 0 aliphatic rings. The Morgan fingerprint density at radius 3 is 2.75 bits per heavy atom. The third kappa shape index (κ3) is 3.02. The lowest BCUT2D eigenvalue weighted by Gasteiger charge is -2.28. The lowest BCUT2D eigenvalue weighted by Crippen LogP contribution is -2.22. The van der Waals surface area contributed by atoms with E-state index in [2.05, 4.69) is 39.2 Å². The summed E-state index contributed by atoms with van der Waals surface area (Å²) in [6, 6.07) is 9.37. The van der Waals surface area contributed by atoms with E-state index in [0.717, 1.165) is 11.3 Å². The molecular weight excluding hydrogens is 340 g/mol. The average Bonchev–Trinajstić information content (AvgIpc) is 2.99. The molecule has 0 saturated carbocycles. The van der Waals surface area contributed by atoms with E-state index >= 15 is 0 Å². The fourth-order valence-corrected chi connectivity index (χ4v) is 3.34. The first-order chi connectivity index (χ1) is 9.54. The normalized spacial score (nSPS) is 12.2. The fourth-order valence-electron chi connectivity index (χ4n) is 2.07. The molecule has 0 radical (unpaired) electrons. The van der Waals surface area contributed by atoms with Gasteiger partial charge in [0.25, 0.3) is 5.69 Å². The molecule has 0 fully saturated rings. The van der Waals surface area contributed by atoms with Gasteiger partial charge in [-0.3, -0.25) is 10.1 Å². The van der Waals surface area contributed by atoms with Gasteiger partial charge in [0.2, 0.25) is 0 Å². The first-order valence-electron chi connectivity index (χ1n) is 6.14. The van der Waals surface area contributed by atoms with Crippen molar-refractivity contribution in [1.29, 1.82) is 0 Å². The number of hydrogen-bond acceptors (Lipinski definition) is 4. The Balaban J connectivity index is 2.34. The summed E-state index contributed by atoms with van der Waals surface area (Å²) < 4.78 is 0. The molecule has 0 bridgehead atoms. The quantitative estimate of drug-likeness (QED) is 0.442. The van der Waals surface area contributed by atoms with Gasteiger partial charge >= 0.3 is 0 Å². The highest BCUT2D eigenvalue weighted by Gasteiger charge is 2.18. The number of rotatable bonds is 5. The molecule has 1 unspecified atom stereocenters. The minimum Gasteiger partial charge on any atom is -0.367 e. The van der Waals surface area contributed by atoms with E-state index in [9.17, 15) is 10.1 Å². The summed E-state index contributed by atoms with van der Waals surface area (Å²) in [5, 5.41) is 13.5. The topological polar surface area (TPSA) is 46.4 Å². The molecule has 0 aliphatic heterocycles. The molecular formula is C14H15BrN2O2S. The number of nitro groups is 1. The van der Waals surface area contributed by atoms with Crippen LogP contribution in [0, 0.1) is 10.1 Å². The highest BCUT2D eigenvalue weighted by atomic mass is 79.9. The largest absolute Gasteiger partial charge is 0.367 e. The summed E-state index contributed by atoms with van der Waals surface area (Å²) in [5.41, 5.74) is 2.05. The number of alkyl halides is 1. The van der Waals surface area contributed by atoms with Crippen LogP contribution in [0.5, 0.6) is 0 Å². The zero-order valence-corrected chi connectivity index (χ0v) is 13.6. The Kier molecular flexibility index (Phi) is 4.77. The van der Waals surface area contributed by atoms with E-state index in [1.807, 2.05) is 19.2 Å². The Bertz CT molecular complexity index is 601. The molecule has 2 rings (SSSR count). The maximum Gasteiger partial charge on any atom is 0.269 e. The monoisotopic (exact) mass is 354 g/mol. The second-order valence-corrected chi connectivity index (χ2v) is 6.05. The standard InChI is InChI=1S/C14H15BrN2O2S/c1-10(14-4-3-7-20-14)16(2)13-6-5-12(17(18)19)8-11(13)9-15/h3-8,10H,9H2,1-2H3. The maximum atomic E-state index is 10.8. The summed E-state index contributed by atoms with van der Waals surface area (Å²) in [5.74, 6) is 0. The zero-order chi connectivity index (χ0) is 14.7. The molecule has 106 valence electrons. The molecule has 0 saturated heterocycles. The van der Waals surface area contributed by atoms with Crippen LogP contribution in [-0.4, -0.2) is 12.0 Å². The van der Waals surface area contributed by atoms with Crippen LogP contribution in [-0.2, 0) is 5.33 Å². The van der Waals surface area contributed by atoms with Crippen LogP contribution in [0.15, 0.2) is 35.7 Å².